The molecule has 21 heavy (non-hydrogen) atoms. The highest BCUT2D eigenvalue weighted by atomic mass is 32.2. The summed E-state index contributed by atoms with van der Waals surface area (Å²) in [4.78, 5) is 0. The Morgan fingerprint density at radius 2 is 1.67 bits per heavy atom. The van der Waals surface area contributed by atoms with E-state index in [1.54, 1.807) is 14.1 Å². The quantitative estimate of drug-likeness (QED) is 0.802. The van der Waals surface area contributed by atoms with E-state index in [-0.39, 0.29) is 11.8 Å². The Morgan fingerprint density at radius 1 is 1.10 bits per heavy atom. The molecule has 0 aliphatic carbocycles. The zero-order valence-electron chi connectivity index (χ0n) is 13.8. The minimum atomic E-state index is -3.13. The smallest absolute Gasteiger partial charge is 0.214 e. The molecule has 1 aromatic rings. The fourth-order valence-electron chi connectivity index (χ4n) is 2.12. The predicted octanol–water partition coefficient (Wildman–Crippen LogP) is 2.43. The molecule has 0 amide bonds. The third-order valence-corrected chi connectivity index (χ3v) is 5.32. The first-order chi connectivity index (χ1) is 9.72. The molecule has 0 fully saturated rings. The standard InChI is InChI=1S/C16H28N2O2S/c1-13(2)12-15-6-8-16(9-7-15)14(3)17-10-11-21(19,20)18(4)5/h6-9,13-14,17H,10-12H2,1-5H3. The van der Waals surface area contributed by atoms with Crippen molar-refractivity contribution < 1.29 is 8.42 Å². The summed E-state index contributed by atoms with van der Waals surface area (Å²) in [6.07, 6.45) is 1.09. The van der Waals surface area contributed by atoms with E-state index in [9.17, 15) is 8.42 Å². The normalized spacial score (nSPS) is 13.9. The monoisotopic (exact) mass is 312 g/mol. The Bertz CT molecular complexity index is 522. The van der Waals surface area contributed by atoms with Crippen molar-refractivity contribution in [3.05, 3.63) is 35.4 Å². The number of nitrogens with one attached hydrogen (secondary N) is 1. The SMILES string of the molecule is CC(C)Cc1ccc(C(C)NCCS(=O)(=O)N(C)C)cc1. The van der Waals surface area contributed by atoms with Crippen LogP contribution in [0, 0.1) is 5.92 Å². The van der Waals surface area contributed by atoms with E-state index in [0.717, 1.165) is 6.42 Å². The molecule has 0 aliphatic rings. The molecule has 1 rings (SSSR count). The Kier molecular flexibility index (Phi) is 6.84. The van der Waals surface area contributed by atoms with Gasteiger partial charge in [-0.3, -0.25) is 0 Å². The summed E-state index contributed by atoms with van der Waals surface area (Å²) in [7, 11) is -0.00199. The second kappa shape index (κ2) is 7.92. The summed E-state index contributed by atoms with van der Waals surface area (Å²) in [5, 5.41) is 3.26. The van der Waals surface area contributed by atoms with Crippen LogP contribution in [0.5, 0.6) is 0 Å². The van der Waals surface area contributed by atoms with Crippen LogP contribution in [0.1, 0.15) is 37.9 Å². The molecular formula is C16H28N2O2S. The highest BCUT2D eigenvalue weighted by Crippen LogP contribution is 2.15. The van der Waals surface area contributed by atoms with Crippen LogP contribution in [0.25, 0.3) is 0 Å². The summed E-state index contributed by atoms with van der Waals surface area (Å²) >= 11 is 0. The summed E-state index contributed by atoms with van der Waals surface area (Å²) < 4.78 is 24.6. The third kappa shape index (κ3) is 6.16. The molecule has 0 spiro atoms. The van der Waals surface area contributed by atoms with Crippen molar-refractivity contribution in [2.24, 2.45) is 5.92 Å². The second-order valence-electron chi connectivity index (χ2n) is 6.11. The molecule has 5 heteroatoms. The van der Waals surface area contributed by atoms with Crippen LogP contribution in [-0.4, -0.2) is 39.1 Å². The van der Waals surface area contributed by atoms with Gasteiger partial charge in [-0.1, -0.05) is 38.1 Å². The second-order valence-corrected chi connectivity index (χ2v) is 8.42. The van der Waals surface area contributed by atoms with Gasteiger partial charge >= 0.3 is 0 Å². The lowest BCUT2D eigenvalue weighted by atomic mass is 10.00. The topological polar surface area (TPSA) is 49.4 Å². The molecule has 0 bridgehead atoms. The van der Waals surface area contributed by atoms with Gasteiger partial charge in [-0.2, -0.15) is 0 Å². The van der Waals surface area contributed by atoms with Gasteiger partial charge in [0.2, 0.25) is 10.0 Å². The van der Waals surface area contributed by atoms with Crippen LogP contribution in [-0.2, 0) is 16.4 Å². The van der Waals surface area contributed by atoms with Crippen LogP contribution in [0.15, 0.2) is 24.3 Å². The number of nitrogens with zero attached hydrogens (tertiary/aromatic N) is 1. The largest absolute Gasteiger partial charge is 0.309 e. The van der Waals surface area contributed by atoms with Crippen molar-refractivity contribution in [3.63, 3.8) is 0 Å². The molecule has 4 nitrogen and oxygen atoms in total. The summed E-state index contributed by atoms with van der Waals surface area (Å²) in [5.41, 5.74) is 2.53. The fourth-order valence-corrected chi connectivity index (χ4v) is 2.86. The van der Waals surface area contributed by atoms with E-state index in [0.29, 0.717) is 12.5 Å². The molecule has 1 atom stereocenters. The van der Waals surface area contributed by atoms with E-state index < -0.39 is 10.0 Å². The van der Waals surface area contributed by atoms with Crippen LogP contribution < -0.4 is 5.32 Å². The van der Waals surface area contributed by atoms with Gasteiger partial charge in [-0.05, 0) is 30.4 Å². The number of rotatable bonds is 8. The zero-order valence-corrected chi connectivity index (χ0v) is 14.6. The van der Waals surface area contributed by atoms with Gasteiger partial charge in [0.05, 0.1) is 5.75 Å². The molecule has 1 aromatic carbocycles. The molecule has 0 aliphatic heterocycles. The summed E-state index contributed by atoms with van der Waals surface area (Å²) in [6.45, 7) is 6.93. The average molecular weight is 312 g/mol. The molecule has 0 saturated heterocycles. The molecule has 0 radical (unpaired) electrons. The van der Waals surface area contributed by atoms with Crippen LogP contribution in [0.4, 0.5) is 0 Å². The first-order valence-corrected chi connectivity index (χ1v) is 9.05. The first kappa shape index (κ1) is 18.1. The molecule has 1 unspecified atom stereocenters. The van der Waals surface area contributed by atoms with Gasteiger partial charge in [-0.25, -0.2) is 12.7 Å². The number of sulfonamides is 1. The van der Waals surface area contributed by atoms with Crippen molar-refractivity contribution in [2.45, 2.75) is 33.2 Å². The number of hydrogen-bond acceptors (Lipinski definition) is 3. The molecular weight excluding hydrogens is 284 g/mol. The summed E-state index contributed by atoms with van der Waals surface area (Å²) in [5.74, 6) is 0.776. The van der Waals surface area contributed by atoms with Crippen molar-refractivity contribution >= 4 is 10.0 Å². The number of hydrogen-bond donors (Lipinski definition) is 1. The lowest BCUT2D eigenvalue weighted by molar-refractivity contribution is 0.512. The van der Waals surface area contributed by atoms with E-state index in [2.05, 4.69) is 50.4 Å². The zero-order chi connectivity index (χ0) is 16.0. The van der Waals surface area contributed by atoms with E-state index >= 15 is 0 Å². The summed E-state index contributed by atoms with van der Waals surface area (Å²) in [6, 6.07) is 8.70. The van der Waals surface area contributed by atoms with Crippen molar-refractivity contribution in [1.82, 2.24) is 9.62 Å². The van der Waals surface area contributed by atoms with Gasteiger partial charge in [0.15, 0.2) is 0 Å². The highest BCUT2D eigenvalue weighted by Gasteiger charge is 2.14. The van der Waals surface area contributed by atoms with Gasteiger partial charge in [0.1, 0.15) is 0 Å². The van der Waals surface area contributed by atoms with Gasteiger partial charge < -0.3 is 5.32 Å². The van der Waals surface area contributed by atoms with Gasteiger partial charge in [0.25, 0.3) is 0 Å². The van der Waals surface area contributed by atoms with E-state index in [1.165, 1.54) is 15.4 Å². The maximum atomic E-state index is 11.7. The van der Waals surface area contributed by atoms with Gasteiger partial charge in [0, 0.05) is 26.7 Å². The lowest BCUT2D eigenvalue weighted by Gasteiger charge is -2.16. The molecule has 0 saturated carbocycles. The van der Waals surface area contributed by atoms with Crippen molar-refractivity contribution in [2.75, 3.05) is 26.4 Å². The fraction of sp³-hybridized carbons (Fsp3) is 0.625. The molecule has 1 N–H and O–H groups in total. The Morgan fingerprint density at radius 3 is 2.14 bits per heavy atom. The third-order valence-electron chi connectivity index (χ3n) is 3.49. The minimum absolute atomic E-state index is 0.121. The average Bonchev–Trinajstić information content (AvgIpc) is 2.38. The predicted molar refractivity (Wildman–Crippen MR) is 88.9 cm³/mol. The maximum Gasteiger partial charge on any atom is 0.214 e. The van der Waals surface area contributed by atoms with Crippen LogP contribution in [0.3, 0.4) is 0 Å². The maximum absolute atomic E-state index is 11.7. The highest BCUT2D eigenvalue weighted by molar-refractivity contribution is 7.89. The minimum Gasteiger partial charge on any atom is -0.309 e. The molecule has 0 heterocycles. The van der Waals surface area contributed by atoms with Gasteiger partial charge in [-0.15, -0.1) is 0 Å². The molecule has 120 valence electrons. The van der Waals surface area contributed by atoms with Crippen molar-refractivity contribution in [3.8, 4) is 0 Å². The lowest BCUT2D eigenvalue weighted by Crippen LogP contribution is -2.32. The van der Waals surface area contributed by atoms with Crippen LogP contribution in [0.2, 0.25) is 0 Å². The Labute approximate surface area is 129 Å². The Hall–Kier alpha value is -0.910. The first-order valence-electron chi connectivity index (χ1n) is 7.45. The van der Waals surface area contributed by atoms with Crippen molar-refractivity contribution in [1.29, 1.82) is 0 Å². The number of benzene rings is 1. The van der Waals surface area contributed by atoms with E-state index in [1.807, 2.05) is 0 Å². The van der Waals surface area contributed by atoms with E-state index in [4.69, 9.17) is 0 Å². The molecule has 0 aromatic heterocycles. The Balaban J connectivity index is 2.51. The van der Waals surface area contributed by atoms with Crippen LogP contribution >= 0.6 is 0 Å².